The van der Waals surface area contributed by atoms with Crippen molar-refractivity contribution in [1.29, 1.82) is 0 Å². The predicted octanol–water partition coefficient (Wildman–Crippen LogP) is 5.01. The highest BCUT2D eigenvalue weighted by Crippen LogP contribution is 2.29. The van der Waals surface area contributed by atoms with Gasteiger partial charge in [-0.1, -0.05) is 27.7 Å². The SMILES string of the molecule is C.CC[Si](=O)C[Si](CCCNC(=O)CCCCCN(C)C)(C[Si](=O)CC)O[Si](C)(C)C. The number of hydrogen-bond acceptors (Lipinski definition) is 5. The first-order chi connectivity index (χ1) is 13.9. The predicted molar refractivity (Wildman–Crippen MR) is 140 cm³/mol. The molecule has 184 valence electrons. The second-order valence-corrected chi connectivity index (χ2v) is 23.9. The average molecular weight is 507 g/mol. The minimum atomic E-state index is -2.35. The van der Waals surface area contributed by atoms with Crippen molar-refractivity contribution in [2.24, 2.45) is 0 Å². The number of amides is 1. The summed E-state index contributed by atoms with van der Waals surface area (Å²) < 4.78 is 31.8. The summed E-state index contributed by atoms with van der Waals surface area (Å²) in [6.07, 6.45) is 4.52. The molecule has 0 bridgehead atoms. The molecule has 0 aromatic carbocycles. The lowest BCUT2D eigenvalue weighted by Gasteiger charge is -2.37. The maximum Gasteiger partial charge on any atom is 0.275 e. The van der Waals surface area contributed by atoms with Crippen LogP contribution in [0.5, 0.6) is 0 Å². The van der Waals surface area contributed by atoms with Crippen LogP contribution in [0.15, 0.2) is 0 Å². The van der Waals surface area contributed by atoms with Crippen molar-refractivity contribution in [3.8, 4) is 0 Å². The summed E-state index contributed by atoms with van der Waals surface area (Å²) >= 11 is 0. The Labute approximate surface area is 197 Å². The molecule has 0 atom stereocenters. The monoisotopic (exact) mass is 506 g/mol. The fourth-order valence-corrected chi connectivity index (χ4v) is 22.7. The highest BCUT2D eigenvalue weighted by molar-refractivity contribution is 6.94. The van der Waals surface area contributed by atoms with Gasteiger partial charge in [0.25, 0.3) is 17.4 Å². The molecule has 0 aliphatic heterocycles. The highest BCUT2D eigenvalue weighted by Gasteiger charge is 2.42. The van der Waals surface area contributed by atoms with E-state index in [1.807, 2.05) is 13.8 Å². The van der Waals surface area contributed by atoms with Crippen LogP contribution in [0.2, 0.25) is 49.1 Å². The van der Waals surface area contributed by atoms with Crippen LogP contribution < -0.4 is 5.32 Å². The van der Waals surface area contributed by atoms with Gasteiger partial charge in [0.05, 0.1) is 0 Å². The topological polar surface area (TPSA) is 75.7 Å². The first-order valence-corrected chi connectivity index (χ1v) is 21.2. The molecule has 31 heavy (non-hydrogen) atoms. The average Bonchev–Trinajstić information content (AvgIpc) is 2.63. The van der Waals surface area contributed by atoms with E-state index in [0.29, 0.717) is 36.4 Å². The molecule has 1 N–H and O–H groups in total. The van der Waals surface area contributed by atoms with Gasteiger partial charge in [0.2, 0.25) is 5.91 Å². The Morgan fingerprint density at radius 3 is 1.94 bits per heavy atom. The van der Waals surface area contributed by atoms with E-state index < -0.39 is 34.0 Å². The van der Waals surface area contributed by atoms with Crippen molar-refractivity contribution >= 4 is 39.9 Å². The van der Waals surface area contributed by atoms with Crippen LogP contribution in [0.4, 0.5) is 0 Å². The summed E-state index contributed by atoms with van der Waals surface area (Å²) in [5, 5.41) is 3.04. The Morgan fingerprint density at radius 2 is 1.48 bits per heavy atom. The van der Waals surface area contributed by atoms with Gasteiger partial charge in [-0.15, -0.1) is 0 Å². The first kappa shape index (κ1) is 33.0. The lowest BCUT2D eigenvalue weighted by atomic mass is 10.2. The molecule has 0 radical (unpaired) electrons. The van der Waals surface area contributed by atoms with E-state index in [1.54, 1.807) is 0 Å². The third kappa shape index (κ3) is 18.0. The molecule has 0 aromatic heterocycles. The van der Waals surface area contributed by atoms with E-state index in [0.717, 1.165) is 38.3 Å². The first-order valence-electron chi connectivity index (χ1n) is 11.6. The summed E-state index contributed by atoms with van der Waals surface area (Å²) in [5.74, 6) is 0.113. The van der Waals surface area contributed by atoms with Crippen molar-refractivity contribution in [1.82, 2.24) is 10.2 Å². The Bertz CT molecular complexity index is 522. The van der Waals surface area contributed by atoms with E-state index in [9.17, 15) is 13.7 Å². The molecule has 0 fully saturated rings. The zero-order chi connectivity index (χ0) is 23.2. The molecule has 0 heterocycles. The zero-order valence-corrected chi connectivity index (χ0v) is 24.6. The third-order valence-corrected chi connectivity index (χ3v) is 20.3. The summed E-state index contributed by atoms with van der Waals surface area (Å²) in [7, 11) is -3.44. The number of nitrogens with one attached hydrogen (secondary N) is 1. The summed E-state index contributed by atoms with van der Waals surface area (Å²) in [6.45, 7) is 12.1. The molecule has 6 nitrogen and oxygen atoms in total. The molecule has 0 aliphatic carbocycles. The van der Waals surface area contributed by atoms with Crippen LogP contribution in [0.25, 0.3) is 0 Å². The molecular weight excluding hydrogens is 457 g/mol. The van der Waals surface area contributed by atoms with E-state index in [4.69, 9.17) is 4.12 Å². The minimum absolute atomic E-state index is 0. The normalized spacial score (nSPS) is 11.9. The minimum Gasteiger partial charge on any atom is -0.455 e. The van der Waals surface area contributed by atoms with E-state index >= 15 is 0 Å². The summed E-state index contributed by atoms with van der Waals surface area (Å²) in [5.41, 5.74) is 1.29. The lowest BCUT2D eigenvalue weighted by Crippen LogP contribution is -2.50. The Balaban J connectivity index is 0. The fourth-order valence-electron chi connectivity index (χ4n) is 3.60. The molecule has 0 saturated carbocycles. The van der Waals surface area contributed by atoms with E-state index in [-0.39, 0.29) is 13.3 Å². The van der Waals surface area contributed by atoms with Crippen LogP contribution in [-0.4, -0.2) is 72.0 Å². The Kier molecular flexibility index (Phi) is 18.5. The van der Waals surface area contributed by atoms with Crippen LogP contribution in [0.1, 0.15) is 53.4 Å². The number of carbonyl (C=O) groups is 1. The number of rotatable bonds is 18. The van der Waals surface area contributed by atoms with Gasteiger partial charge in [-0.3, -0.25) is 4.79 Å². The Hall–Kier alpha value is -0.142. The smallest absolute Gasteiger partial charge is 0.275 e. The largest absolute Gasteiger partial charge is 0.455 e. The van der Waals surface area contributed by atoms with Crippen LogP contribution in [0.3, 0.4) is 0 Å². The van der Waals surface area contributed by atoms with Gasteiger partial charge >= 0.3 is 0 Å². The van der Waals surface area contributed by atoms with Gasteiger partial charge < -0.3 is 23.3 Å². The summed E-state index contributed by atoms with van der Waals surface area (Å²) in [4.78, 5) is 14.3. The van der Waals surface area contributed by atoms with Crippen molar-refractivity contribution < 1.29 is 17.8 Å². The van der Waals surface area contributed by atoms with Crippen molar-refractivity contribution in [2.75, 3.05) is 27.2 Å². The second-order valence-electron chi connectivity index (χ2n) is 9.60. The standard InChI is InChI=1S/C20H46N2O4Si4.CH4/c1-8-27(24)18-30(19-28(25)9-2,26-29(5,6)7)17-13-15-21-20(23)14-11-10-12-16-22(3)4;/h8-19H2,1-7H3,(H,21,23);1H4. The van der Waals surface area contributed by atoms with E-state index in [2.05, 4.69) is 44.0 Å². The lowest BCUT2D eigenvalue weighted by molar-refractivity contribution is -0.121. The number of unbranched alkanes of at least 4 members (excludes halogenated alkanes) is 2. The molecule has 1 amide bonds. The third-order valence-electron chi connectivity index (χ3n) is 4.99. The summed E-state index contributed by atoms with van der Waals surface area (Å²) in [6, 6.07) is 2.21. The Morgan fingerprint density at radius 1 is 0.935 bits per heavy atom. The molecular formula is C21H50N2O4Si4. The van der Waals surface area contributed by atoms with Crippen LogP contribution in [0, 0.1) is 0 Å². The van der Waals surface area contributed by atoms with Gasteiger partial charge in [-0.2, -0.15) is 0 Å². The van der Waals surface area contributed by atoms with Gasteiger partial charge in [-0.25, -0.2) is 0 Å². The van der Waals surface area contributed by atoms with Gasteiger partial charge in [-0.05, 0) is 77.7 Å². The number of hydrogen-bond donors (Lipinski definition) is 1. The molecule has 0 aliphatic rings. The van der Waals surface area contributed by atoms with Gasteiger partial charge in [0, 0.05) is 24.3 Å². The second kappa shape index (κ2) is 17.3. The molecule has 10 heteroatoms. The highest BCUT2D eigenvalue weighted by atomic mass is 28.5. The van der Waals surface area contributed by atoms with E-state index in [1.165, 1.54) is 0 Å². The zero-order valence-electron chi connectivity index (χ0n) is 20.6. The molecule has 0 aromatic rings. The molecule has 0 spiro atoms. The number of carbonyl (C=O) groups excluding carboxylic acids is 1. The maximum absolute atomic E-state index is 12.5. The quantitative estimate of drug-likeness (QED) is 0.209. The van der Waals surface area contributed by atoms with Crippen molar-refractivity contribution in [3.05, 3.63) is 0 Å². The van der Waals surface area contributed by atoms with Crippen molar-refractivity contribution in [2.45, 2.75) is 102 Å². The van der Waals surface area contributed by atoms with Gasteiger partial charge in [0.15, 0.2) is 16.6 Å². The maximum atomic E-state index is 12.5. The molecule has 0 unspecified atom stereocenters. The van der Waals surface area contributed by atoms with Crippen molar-refractivity contribution in [3.63, 3.8) is 0 Å². The number of nitrogens with zero attached hydrogens (tertiary/aromatic N) is 1. The fraction of sp³-hybridized carbons (Fsp3) is 0.952. The van der Waals surface area contributed by atoms with Gasteiger partial charge in [0.1, 0.15) is 0 Å². The molecule has 0 rings (SSSR count). The van der Waals surface area contributed by atoms with Crippen LogP contribution in [-0.2, 0) is 17.8 Å². The molecule has 0 saturated heterocycles. The van der Waals surface area contributed by atoms with Crippen LogP contribution >= 0.6 is 0 Å².